The van der Waals surface area contributed by atoms with E-state index in [0.717, 1.165) is 11.1 Å². The Hall–Kier alpha value is -2.63. The van der Waals surface area contributed by atoms with Gasteiger partial charge in [-0.2, -0.15) is 0 Å². The van der Waals surface area contributed by atoms with Gasteiger partial charge in [0.15, 0.2) is 9.84 Å². The van der Waals surface area contributed by atoms with Crippen molar-refractivity contribution in [1.82, 2.24) is 4.90 Å². The predicted molar refractivity (Wildman–Crippen MR) is 110 cm³/mol. The molecule has 0 aliphatic carbocycles. The molecule has 28 heavy (non-hydrogen) atoms. The van der Waals surface area contributed by atoms with Crippen molar-refractivity contribution in [1.29, 1.82) is 0 Å². The van der Waals surface area contributed by atoms with Gasteiger partial charge in [-0.1, -0.05) is 54.1 Å². The molecule has 0 saturated carbocycles. The van der Waals surface area contributed by atoms with Crippen LogP contribution in [0.5, 0.6) is 0 Å². The molecule has 0 atom stereocenters. The van der Waals surface area contributed by atoms with E-state index in [1.165, 1.54) is 12.1 Å². The summed E-state index contributed by atoms with van der Waals surface area (Å²) in [7, 11) is -3.46. The molecular weight excluding hydrogens is 394 g/mol. The Balaban J connectivity index is 1.43. The number of carbonyl (C=O) groups is 1. The van der Waals surface area contributed by atoms with Crippen LogP contribution in [-0.2, 0) is 9.84 Å². The summed E-state index contributed by atoms with van der Waals surface area (Å²) < 4.78 is 25.3. The van der Waals surface area contributed by atoms with Crippen LogP contribution in [0.1, 0.15) is 10.4 Å². The number of hydrogen-bond donors (Lipinski definition) is 0. The molecule has 4 rings (SSSR count). The molecule has 0 unspecified atom stereocenters. The molecule has 142 valence electrons. The zero-order valence-corrected chi connectivity index (χ0v) is 16.5. The molecule has 0 N–H and O–H groups in total. The van der Waals surface area contributed by atoms with E-state index in [1.54, 1.807) is 29.2 Å². The number of sulfone groups is 1. The number of amides is 1. The molecule has 3 aromatic rings. The van der Waals surface area contributed by atoms with Crippen molar-refractivity contribution in [2.45, 2.75) is 10.1 Å². The lowest BCUT2D eigenvalue weighted by Gasteiger charge is -2.38. The molecule has 0 bridgehead atoms. The van der Waals surface area contributed by atoms with Crippen LogP contribution >= 0.6 is 11.6 Å². The molecule has 1 heterocycles. The minimum absolute atomic E-state index is 0.151. The summed E-state index contributed by atoms with van der Waals surface area (Å²) in [5.74, 6) is -0.151. The van der Waals surface area contributed by atoms with Gasteiger partial charge in [0.25, 0.3) is 5.91 Å². The first-order valence-electron chi connectivity index (χ1n) is 8.89. The second kappa shape index (κ2) is 7.41. The van der Waals surface area contributed by atoms with Crippen LogP contribution in [0.3, 0.4) is 0 Å². The van der Waals surface area contributed by atoms with E-state index in [4.69, 9.17) is 11.6 Å². The van der Waals surface area contributed by atoms with Crippen molar-refractivity contribution < 1.29 is 13.2 Å². The number of halogens is 1. The van der Waals surface area contributed by atoms with Gasteiger partial charge < -0.3 is 4.90 Å². The Kier molecular flexibility index (Phi) is 4.96. The highest BCUT2D eigenvalue weighted by Gasteiger charge is 2.40. The minimum atomic E-state index is -3.46. The summed E-state index contributed by atoms with van der Waals surface area (Å²) in [5.41, 5.74) is 2.67. The molecule has 1 aliphatic rings. The maximum absolute atomic E-state index is 12.7. The second-order valence-electron chi connectivity index (χ2n) is 6.77. The Morgan fingerprint density at radius 1 is 0.821 bits per heavy atom. The molecule has 0 aromatic heterocycles. The van der Waals surface area contributed by atoms with Crippen molar-refractivity contribution in [2.24, 2.45) is 0 Å². The van der Waals surface area contributed by atoms with E-state index in [2.05, 4.69) is 0 Å². The van der Waals surface area contributed by atoms with Crippen LogP contribution in [0.2, 0.25) is 5.02 Å². The monoisotopic (exact) mass is 411 g/mol. The first-order valence-corrected chi connectivity index (χ1v) is 10.8. The number of likely N-dealkylation sites (tertiary alicyclic amines) is 1. The molecule has 0 radical (unpaired) electrons. The van der Waals surface area contributed by atoms with Gasteiger partial charge >= 0.3 is 0 Å². The van der Waals surface area contributed by atoms with Crippen molar-refractivity contribution in [2.75, 3.05) is 13.1 Å². The minimum Gasteiger partial charge on any atom is -0.336 e. The maximum atomic E-state index is 12.7. The Morgan fingerprint density at radius 2 is 1.39 bits per heavy atom. The quantitative estimate of drug-likeness (QED) is 0.643. The summed E-state index contributed by atoms with van der Waals surface area (Å²) in [6.07, 6.45) is 0. The average Bonchev–Trinajstić information content (AvgIpc) is 2.68. The molecular formula is C22H18ClNO3S. The summed E-state index contributed by atoms with van der Waals surface area (Å²) in [6, 6.07) is 23.4. The van der Waals surface area contributed by atoms with Crippen LogP contribution in [0.4, 0.5) is 0 Å². The van der Waals surface area contributed by atoms with E-state index in [1.807, 2.05) is 42.5 Å². The lowest BCUT2D eigenvalue weighted by molar-refractivity contribution is 0.0659. The zero-order valence-electron chi connectivity index (χ0n) is 15.0. The number of hydrogen-bond acceptors (Lipinski definition) is 3. The molecule has 3 aromatic carbocycles. The normalized spacial score (nSPS) is 14.5. The van der Waals surface area contributed by atoms with Gasteiger partial charge in [-0.25, -0.2) is 8.42 Å². The third kappa shape index (κ3) is 3.55. The highest BCUT2D eigenvalue weighted by molar-refractivity contribution is 7.92. The number of carbonyl (C=O) groups excluding carboxylic acids is 1. The van der Waals surface area contributed by atoms with E-state index >= 15 is 0 Å². The molecule has 4 nitrogen and oxygen atoms in total. The summed E-state index contributed by atoms with van der Waals surface area (Å²) >= 11 is 5.82. The zero-order chi connectivity index (χ0) is 19.7. The topological polar surface area (TPSA) is 54.5 Å². The Morgan fingerprint density at radius 3 is 2.00 bits per heavy atom. The average molecular weight is 412 g/mol. The van der Waals surface area contributed by atoms with E-state index in [9.17, 15) is 13.2 Å². The van der Waals surface area contributed by atoms with Crippen LogP contribution in [0.25, 0.3) is 11.1 Å². The van der Waals surface area contributed by atoms with Gasteiger partial charge in [0.2, 0.25) is 0 Å². The van der Waals surface area contributed by atoms with Crippen molar-refractivity contribution in [3.63, 3.8) is 0 Å². The van der Waals surface area contributed by atoms with Gasteiger partial charge in [0.05, 0.1) is 4.90 Å². The maximum Gasteiger partial charge on any atom is 0.253 e. The molecule has 0 spiro atoms. The molecule has 1 fully saturated rings. The SMILES string of the molecule is O=C(c1ccc(-c2ccccc2)cc1)N1CC(S(=O)(=O)c2ccc(Cl)cc2)C1. The van der Waals surface area contributed by atoms with E-state index in [-0.39, 0.29) is 23.9 Å². The van der Waals surface area contributed by atoms with Crippen molar-refractivity contribution in [3.05, 3.63) is 89.4 Å². The van der Waals surface area contributed by atoms with Gasteiger partial charge in [-0.05, 0) is 47.5 Å². The third-order valence-electron chi connectivity index (χ3n) is 4.96. The highest BCUT2D eigenvalue weighted by atomic mass is 35.5. The fraction of sp³-hybridized carbons (Fsp3) is 0.136. The Labute approximate surface area is 169 Å². The smallest absolute Gasteiger partial charge is 0.253 e. The number of rotatable bonds is 4. The lowest BCUT2D eigenvalue weighted by atomic mass is 10.0. The first-order chi connectivity index (χ1) is 13.4. The fourth-order valence-electron chi connectivity index (χ4n) is 3.24. The first kappa shape index (κ1) is 18.7. The Bertz CT molecular complexity index is 1090. The largest absolute Gasteiger partial charge is 0.336 e. The van der Waals surface area contributed by atoms with Gasteiger partial charge in [-0.15, -0.1) is 0 Å². The van der Waals surface area contributed by atoms with Gasteiger partial charge in [-0.3, -0.25) is 4.79 Å². The number of nitrogens with zero attached hydrogens (tertiary/aromatic N) is 1. The second-order valence-corrected chi connectivity index (χ2v) is 9.44. The molecule has 1 aliphatic heterocycles. The molecule has 1 saturated heterocycles. The summed E-state index contributed by atoms with van der Waals surface area (Å²) in [4.78, 5) is 14.4. The van der Waals surface area contributed by atoms with E-state index < -0.39 is 15.1 Å². The standard InChI is InChI=1S/C22H18ClNO3S/c23-19-10-12-20(13-11-19)28(26,27)21-14-24(15-21)22(25)18-8-6-17(7-9-18)16-4-2-1-3-5-16/h1-13,21H,14-15H2. The van der Waals surface area contributed by atoms with Crippen LogP contribution in [0.15, 0.2) is 83.8 Å². The van der Waals surface area contributed by atoms with Crippen LogP contribution in [-0.4, -0.2) is 37.6 Å². The van der Waals surface area contributed by atoms with Crippen LogP contribution in [0, 0.1) is 0 Å². The molecule has 1 amide bonds. The summed E-state index contributed by atoms with van der Waals surface area (Å²) in [5, 5.41) is -0.0930. The predicted octanol–water partition coefficient (Wildman–Crippen LogP) is 4.31. The lowest BCUT2D eigenvalue weighted by Crippen LogP contribution is -2.56. The third-order valence-corrected chi connectivity index (χ3v) is 7.31. The van der Waals surface area contributed by atoms with Crippen molar-refractivity contribution in [3.8, 4) is 11.1 Å². The summed E-state index contributed by atoms with van der Waals surface area (Å²) in [6.45, 7) is 0.397. The van der Waals surface area contributed by atoms with Gasteiger partial charge in [0, 0.05) is 23.7 Å². The van der Waals surface area contributed by atoms with Crippen molar-refractivity contribution >= 4 is 27.3 Å². The van der Waals surface area contributed by atoms with E-state index in [0.29, 0.717) is 10.6 Å². The fourth-order valence-corrected chi connectivity index (χ4v) is 5.01. The molecule has 6 heteroatoms. The van der Waals surface area contributed by atoms with Crippen LogP contribution < -0.4 is 0 Å². The number of benzene rings is 3. The highest BCUT2D eigenvalue weighted by Crippen LogP contribution is 2.27. The van der Waals surface area contributed by atoms with Gasteiger partial charge in [0.1, 0.15) is 5.25 Å².